The molecule has 1 amide bonds. The number of aromatic nitrogens is 1. The minimum absolute atomic E-state index is 0.0876. The van der Waals surface area contributed by atoms with Crippen molar-refractivity contribution < 1.29 is 19.4 Å². The van der Waals surface area contributed by atoms with Crippen LogP contribution in [0.3, 0.4) is 0 Å². The predicted octanol–water partition coefficient (Wildman–Crippen LogP) is 3.62. The van der Waals surface area contributed by atoms with Gasteiger partial charge in [-0.25, -0.2) is 4.98 Å². The summed E-state index contributed by atoms with van der Waals surface area (Å²) < 4.78 is 11.3. The molecule has 24 heavy (non-hydrogen) atoms. The second-order valence-corrected chi connectivity index (χ2v) is 5.12. The number of amides is 1. The highest BCUT2D eigenvalue weighted by Gasteiger charge is 2.13. The Labute approximate surface area is 141 Å². The van der Waals surface area contributed by atoms with Gasteiger partial charge in [-0.3, -0.25) is 4.79 Å². The van der Waals surface area contributed by atoms with E-state index in [1.165, 1.54) is 12.3 Å². The highest BCUT2D eigenvalue weighted by Crippen LogP contribution is 2.29. The maximum absolute atomic E-state index is 12.3. The molecule has 1 aromatic carbocycles. The summed E-state index contributed by atoms with van der Waals surface area (Å²) in [7, 11) is 0. The topological polar surface area (TPSA) is 80.7 Å². The Kier molecular flexibility index (Phi) is 6.42. The fraction of sp³-hybridized carbons (Fsp3) is 0.333. The van der Waals surface area contributed by atoms with Gasteiger partial charge in [0.05, 0.1) is 13.2 Å². The van der Waals surface area contributed by atoms with E-state index in [-0.39, 0.29) is 17.5 Å². The third-order valence-corrected chi connectivity index (χ3v) is 3.28. The number of pyridine rings is 1. The molecule has 0 bridgehead atoms. The number of anilines is 1. The first-order chi connectivity index (χ1) is 11.7. The summed E-state index contributed by atoms with van der Waals surface area (Å²) in [6.45, 7) is 5.03. The summed E-state index contributed by atoms with van der Waals surface area (Å²) in [5.41, 5.74) is 0.395. The molecule has 2 N–H and O–H groups in total. The molecule has 0 aliphatic carbocycles. The lowest BCUT2D eigenvalue weighted by Gasteiger charge is -2.13. The van der Waals surface area contributed by atoms with E-state index in [0.29, 0.717) is 30.3 Å². The van der Waals surface area contributed by atoms with Crippen LogP contribution in [0.1, 0.15) is 37.0 Å². The van der Waals surface area contributed by atoms with Gasteiger partial charge in [-0.15, -0.1) is 0 Å². The van der Waals surface area contributed by atoms with E-state index >= 15 is 0 Å². The van der Waals surface area contributed by atoms with E-state index in [1.54, 1.807) is 24.3 Å². The second-order valence-electron chi connectivity index (χ2n) is 5.12. The molecule has 0 atom stereocenters. The summed E-state index contributed by atoms with van der Waals surface area (Å²) in [6.07, 6.45) is 3.48. The van der Waals surface area contributed by atoms with Crippen molar-refractivity contribution in [2.24, 2.45) is 0 Å². The molecule has 6 nitrogen and oxygen atoms in total. The van der Waals surface area contributed by atoms with Gasteiger partial charge < -0.3 is 19.9 Å². The molecule has 0 radical (unpaired) electrons. The van der Waals surface area contributed by atoms with Crippen molar-refractivity contribution in [3.63, 3.8) is 0 Å². The first kappa shape index (κ1) is 17.6. The molecule has 0 aliphatic rings. The van der Waals surface area contributed by atoms with Crippen LogP contribution in [0.25, 0.3) is 0 Å². The fourth-order valence-corrected chi connectivity index (χ4v) is 2.04. The van der Waals surface area contributed by atoms with Gasteiger partial charge in [-0.1, -0.05) is 13.3 Å². The number of hydrogen-bond donors (Lipinski definition) is 2. The normalized spacial score (nSPS) is 10.2. The smallest absolute Gasteiger partial charge is 0.257 e. The second kappa shape index (κ2) is 8.76. The number of nitrogens with one attached hydrogen (secondary N) is 1. The summed E-state index contributed by atoms with van der Waals surface area (Å²) in [5.74, 6) is 0.776. The maximum Gasteiger partial charge on any atom is 0.257 e. The molecule has 0 saturated heterocycles. The number of carbonyl (C=O) groups is 1. The third-order valence-electron chi connectivity index (χ3n) is 3.28. The fourth-order valence-electron chi connectivity index (χ4n) is 2.04. The minimum Gasteiger partial charge on any atom is -0.504 e. The van der Waals surface area contributed by atoms with Crippen molar-refractivity contribution >= 4 is 11.7 Å². The van der Waals surface area contributed by atoms with Gasteiger partial charge in [0.25, 0.3) is 5.91 Å². The van der Waals surface area contributed by atoms with Crippen LogP contribution in [0.2, 0.25) is 0 Å². The Bertz CT molecular complexity index is 688. The molecule has 2 aromatic rings. The lowest BCUT2D eigenvalue weighted by molar-refractivity contribution is 0.102. The molecule has 1 heterocycles. The van der Waals surface area contributed by atoms with Gasteiger partial charge in [0, 0.05) is 11.8 Å². The molecule has 128 valence electrons. The number of carbonyl (C=O) groups excluding carboxylic acids is 1. The molecular weight excluding hydrogens is 308 g/mol. The van der Waals surface area contributed by atoms with Gasteiger partial charge in [-0.2, -0.15) is 0 Å². The monoisotopic (exact) mass is 330 g/mol. The molecule has 2 rings (SSSR count). The summed E-state index contributed by atoms with van der Waals surface area (Å²) in [5, 5.41) is 12.3. The van der Waals surface area contributed by atoms with Crippen LogP contribution in [0.5, 0.6) is 17.2 Å². The summed E-state index contributed by atoms with van der Waals surface area (Å²) >= 11 is 0. The average molecular weight is 330 g/mol. The van der Waals surface area contributed by atoms with Crippen LogP contribution < -0.4 is 14.8 Å². The summed E-state index contributed by atoms with van der Waals surface area (Å²) in [6, 6.07) is 8.03. The van der Waals surface area contributed by atoms with Crippen LogP contribution in [-0.2, 0) is 0 Å². The number of ether oxygens (including phenoxy) is 2. The third kappa shape index (κ3) is 4.62. The van der Waals surface area contributed by atoms with Gasteiger partial charge in [0.1, 0.15) is 0 Å². The molecule has 1 aromatic heterocycles. The van der Waals surface area contributed by atoms with Crippen molar-refractivity contribution in [3.05, 3.63) is 42.1 Å². The van der Waals surface area contributed by atoms with Crippen LogP contribution in [-0.4, -0.2) is 29.2 Å². The van der Waals surface area contributed by atoms with Crippen molar-refractivity contribution in [3.8, 4) is 17.2 Å². The van der Waals surface area contributed by atoms with E-state index in [0.717, 1.165) is 12.8 Å². The lowest BCUT2D eigenvalue weighted by atomic mass is 10.2. The van der Waals surface area contributed by atoms with Crippen molar-refractivity contribution in [2.75, 3.05) is 18.5 Å². The van der Waals surface area contributed by atoms with E-state index in [2.05, 4.69) is 17.2 Å². The molecule has 0 spiro atoms. The van der Waals surface area contributed by atoms with Gasteiger partial charge in [0.2, 0.25) is 0 Å². The van der Waals surface area contributed by atoms with Crippen LogP contribution in [0, 0.1) is 0 Å². The van der Waals surface area contributed by atoms with E-state index < -0.39 is 0 Å². The number of benzene rings is 1. The zero-order chi connectivity index (χ0) is 17.4. The maximum atomic E-state index is 12.3. The molecule has 0 saturated carbocycles. The number of nitrogens with zero attached hydrogens (tertiary/aromatic N) is 1. The Balaban J connectivity index is 2.16. The molecule has 0 aliphatic heterocycles. The zero-order valence-electron chi connectivity index (χ0n) is 13.9. The first-order valence-electron chi connectivity index (χ1n) is 8.00. The van der Waals surface area contributed by atoms with Crippen LogP contribution >= 0.6 is 0 Å². The number of aromatic hydroxyl groups is 1. The largest absolute Gasteiger partial charge is 0.504 e. The lowest BCUT2D eigenvalue weighted by Crippen LogP contribution is -2.13. The molecular formula is C18H22N2O4. The Hall–Kier alpha value is -2.76. The van der Waals surface area contributed by atoms with Crippen molar-refractivity contribution in [1.29, 1.82) is 0 Å². The van der Waals surface area contributed by atoms with Gasteiger partial charge in [-0.05, 0) is 43.7 Å². The van der Waals surface area contributed by atoms with Crippen molar-refractivity contribution in [2.45, 2.75) is 26.7 Å². The SMILES string of the molecule is CCCCOc1ccc(C(=O)Nc2ncccc2O)cc1OCC. The van der Waals surface area contributed by atoms with Crippen LogP contribution in [0.15, 0.2) is 36.5 Å². The Morgan fingerprint density at radius 1 is 1.21 bits per heavy atom. The Morgan fingerprint density at radius 2 is 2.04 bits per heavy atom. The Morgan fingerprint density at radius 3 is 2.75 bits per heavy atom. The summed E-state index contributed by atoms with van der Waals surface area (Å²) in [4.78, 5) is 16.3. The van der Waals surface area contributed by atoms with Crippen LogP contribution in [0.4, 0.5) is 5.82 Å². The van der Waals surface area contributed by atoms with Crippen molar-refractivity contribution in [1.82, 2.24) is 4.98 Å². The number of unbranched alkanes of at least 4 members (excludes halogenated alkanes) is 1. The molecule has 0 fully saturated rings. The predicted molar refractivity (Wildman–Crippen MR) is 91.9 cm³/mol. The number of rotatable bonds is 8. The highest BCUT2D eigenvalue weighted by atomic mass is 16.5. The first-order valence-corrected chi connectivity index (χ1v) is 8.00. The van der Waals surface area contributed by atoms with Gasteiger partial charge in [0.15, 0.2) is 23.1 Å². The standard InChI is InChI=1S/C18H22N2O4/c1-3-5-11-24-15-9-8-13(12-16(15)23-4-2)18(22)20-17-14(21)7-6-10-19-17/h6-10,12,21H,3-5,11H2,1-2H3,(H,19,20,22). The quantitative estimate of drug-likeness (QED) is 0.723. The number of hydrogen-bond acceptors (Lipinski definition) is 5. The average Bonchev–Trinajstić information content (AvgIpc) is 2.58. The minimum atomic E-state index is -0.384. The molecule has 6 heteroatoms. The van der Waals surface area contributed by atoms with E-state index in [1.807, 2.05) is 6.92 Å². The van der Waals surface area contributed by atoms with E-state index in [4.69, 9.17) is 9.47 Å². The molecule has 0 unspecified atom stereocenters. The van der Waals surface area contributed by atoms with Gasteiger partial charge >= 0.3 is 0 Å². The zero-order valence-corrected chi connectivity index (χ0v) is 13.9. The van der Waals surface area contributed by atoms with E-state index in [9.17, 15) is 9.90 Å². The highest BCUT2D eigenvalue weighted by molar-refractivity contribution is 6.04.